The van der Waals surface area contributed by atoms with Gasteiger partial charge in [0, 0.05) is 19.5 Å². The Morgan fingerprint density at radius 2 is 1.66 bits per heavy atom. The second-order valence-electron chi connectivity index (χ2n) is 16.2. The maximum Gasteiger partial charge on any atom is 0.410 e. The van der Waals surface area contributed by atoms with Gasteiger partial charge in [-0.15, -0.1) is 0 Å². The van der Waals surface area contributed by atoms with E-state index in [2.05, 4.69) is 21.4 Å². The van der Waals surface area contributed by atoms with Crippen LogP contribution in [0.5, 0.6) is 0 Å². The molecule has 53 heavy (non-hydrogen) atoms. The van der Waals surface area contributed by atoms with Crippen LogP contribution in [0.2, 0.25) is 0 Å². The molecule has 15 heteroatoms. The first-order valence-electron chi connectivity index (χ1n) is 19.6. The molecule has 14 nitrogen and oxygen atoms in total. The smallest absolute Gasteiger partial charge is 0.410 e. The molecule has 0 spiro atoms. The summed E-state index contributed by atoms with van der Waals surface area (Å²) in [6.45, 7) is 2.95. The average Bonchev–Trinajstić information content (AvgIpc) is 4.01. The van der Waals surface area contributed by atoms with Crippen LogP contribution in [0.1, 0.15) is 114 Å². The molecule has 0 unspecified atom stereocenters. The lowest BCUT2D eigenvalue weighted by Crippen LogP contribution is -2.58. The molecule has 4 heterocycles. The van der Waals surface area contributed by atoms with Crippen molar-refractivity contribution in [2.24, 2.45) is 11.8 Å². The molecule has 0 aromatic heterocycles. The van der Waals surface area contributed by atoms with Crippen LogP contribution in [0.15, 0.2) is 18.2 Å². The Hall–Kier alpha value is -3.88. The normalized spacial score (nSPS) is 31.9. The number of ether oxygens (including phenoxy) is 2. The Bertz CT molecular complexity index is 1720. The fourth-order valence-electron chi connectivity index (χ4n) is 8.62. The number of amides is 5. The van der Waals surface area contributed by atoms with Crippen LogP contribution in [0.25, 0.3) is 0 Å². The molecule has 2 saturated carbocycles. The van der Waals surface area contributed by atoms with E-state index < -0.39 is 68.9 Å². The number of benzene rings is 1. The highest BCUT2D eigenvalue weighted by Crippen LogP contribution is 2.48. The first-order valence-corrected chi connectivity index (χ1v) is 21.1. The van der Waals surface area contributed by atoms with Crippen molar-refractivity contribution in [3.05, 3.63) is 34.9 Å². The third kappa shape index (κ3) is 8.44. The van der Waals surface area contributed by atoms with Crippen LogP contribution < -0.4 is 15.4 Å². The summed E-state index contributed by atoms with van der Waals surface area (Å²) in [5.41, 5.74) is 1.95. The molecule has 1 aromatic carbocycles. The van der Waals surface area contributed by atoms with Gasteiger partial charge in [0.15, 0.2) is 0 Å². The molecule has 2 saturated heterocycles. The quantitative estimate of drug-likeness (QED) is 0.414. The maximum absolute atomic E-state index is 14.4. The van der Waals surface area contributed by atoms with Crippen molar-refractivity contribution in [2.45, 2.75) is 145 Å². The molecular weight excluding hydrogens is 703 g/mol. The molecule has 6 atom stereocenters. The van der Waals surface area contributed by atoms with Gasteiger partial charge in [0.1, 0.15) is 23.7 Å². The third-order valence-corrected chi connectivity index (χ3v) is 13.9. The summed E-state index contributed by atoms with van der Waals surface area (Å²) >= 11 is 0. The number of hydrogen-bond acceptors (Lipinski definition) is 9. The second kappa shape index (κ2) is 15.5. The number of aryl methyl sites for hydroxylation is 1. The summed E-state index contributed by atoms with van der Waals surface area (Å²) in [5, 5.41) is 5.06. The summed E-state index contributed by atoms with van der Waals surface area (Å²) in [6, 6.07) is 4.01. The van der Waals surface area contributed by atoms with Gasteiger partial charge >= 0.3 is 12.2 Å². The van der Waals surface area contributed by atoms with Gasteiger partial charge in [0.25, 0.3) is 5.91 Å². The number of nitrogens with zero attached hydrogens (tertiary/aromatic N) is 2. The number of rotatable bonds is 3. The predicted molar refractivity (Wildman–Crippen MR) is 192 cm³/mol. The number of cyclic esters (lactones) is 1. The second-order valence-corrected chi connectivity index (χ2v) is 18.1. The highest BCUT2D eigenvalue weighted by Gasteiger charge is 2.62. The average molecular weight is 756 g/mol. The van der Waals surface area contributed by atoms with Crippen LogP contribution in [0.4, 0.5) is 9.59 Å². The Kier molecular flexibility index (Phi) is 10.9. The Labute approximate surface area is 311 Å². The van der Waals surface area contributed by atoms with Gasteiger partial charge in [-0.2, -0.15) is 0 Å². The van der Waals surface area contributed by atoms with Crippen molar-refractivity contribution >= 4 is 39.9 Å². The molecular formula is C38H53N5O9S. The van der Waals surface area contributed by atoms with Crippen molar-refractivity contribution in [3.8, 4) is 0 Å². The molecule has 4 fully saturated rings. The molecule has 1 aromatic rings. The molecule has 5 amide bonds. The van der Waals surface area contributed by atoms with E-state index in [1.165, 1.54) is 10.5 Å². The van der Waals surface area contributed by atoms with Gasteiger partial charge in [-0.25, -0.2) is 18.0 Å². The fourth-order valence-corrected chi connectivity index (χ4v) is 9.98. The van der Waals surface area contributed by atoms with Crippen molar-refractivity contribution in [1.82, 2.24) is 25.2 Å². The number of sulfonamides is 1. The zero-order valence-corrected chi connectivity index (χ0v) is 31.4. The fraction of sp³-hybridized carbons (Fsp3) is 0.711. The molecule has 3 N–H and O–H groups in total. The van der Waals surface area contributed by atoms with Crippen molar-refractivity contribution < 1.29 is 41.9 Å². The minimum atomic E-state index is -3.87. The van der Waals surface area contributed by atoms with Gasteiger partial charge in [0.2, 0.25) is 21.8 Å². The van der Waals surface area contributed by atoms with Gasteiger partial charge in [0.05, 0.1) is 18.4 Å². The van der Waals surface area contributed by atoms with E-state index in [1.54, 1.807) is 4.90 Å². The minimum Gasteiger partial charge on any atom is -0.449 e. The van der Waals surface area contributed by atoms with Crippen LogP contribution >= 0.6 is 0 Å². The largest absolute Gasteiger partial charge is 0.449 e. The molecule has 2 aliphatic carbocycles. The topological polar surface area (TPSA) is 181 Å². The van der Waals surface area contributed by atoms with Crippen LogP contribution in [-0.2, 0) is 53.4 Å². The highest BCUT2D eigenvalue weighted by molar-refractivity contribution is 7.91. The summed E-state index contributed by atoms with van der Waals surface area (Å²) in [6.07, 6.45) is 7.77. The maximum atomic E-state index is 14.4. The van der Waals surface area contributed by atoms with E-state index in [9.17, 15) is 32.4 Å². The number of hydrogen-bond donors (Lipinski definition) is 3. The molecule has 4 aliphatic heterocycles. The third-order valence-electron chi connectivity index (χ3n) is 12.0. The molecule has 290 valence electrons. The van der Waals surface area contributed by atoms with Gasteiger partial charge in [-0.1, -0.05) is 63.6 Å². The highest BCUT2D eigenvalue weighted by atomic mass is 32.2. The van der Waals surface area contributed by atoms with E-state index in [4.69, 9.17) is 9.47 Å². The Morgan fingerprint density at radius 1 is 0.925 bits per heavy atom. The lowest BCUT2D eigenvalue weighted by molar-refractivity contribution is -0.141. The van der Waals surface area contributed by atoms with Crippen LogP contribution in [0.3, 0.4) is 0 Å². The van der Waals surface area contributed by atoms with E-state index in [0.717, 1.165) is 62.5 Å². The van der Waals surface area contributed by atoms with E-state index >= 15 is 0 Å². The summed E-state index contributed by atoms with van der Waals surface area (Å²) in [5.74, 6) is -2.02. The zero-order valence-electron chi connectivity index (χ0n) is 30.6. The Balaban J connectivity index is 1.16. The molecule has 7 rings (SSSR count). The SMILES string of the molecule is C[C@H]1CCCCc2cccc3c2CN(C3)C(=O)O[C@@H]2C[C@H]3C(=O)N[C@]4(C(=O)NS(=O)(=O)C5CC5)C[C@H]4CCCCCCC[C@H](NC(=O)OC1)C(=O)N3C2. The summed E-state index contributed by atoms with van der Waals surface area (Å²) < 4.78 is 39.5. The Morgan fingerprint density at radius 3 is 2.45 bits per heavy atom. The first-order chi connectivity index (χ1) is 25.4. The monoisotopic (exact) mass is 755 g/mol. The number of carbonyl (C=O) groups excluding carboxylic acids is 5. The van der Waals surface area contributed by atoms with Crippen LogP contribution in [-0.4, -0.2) is 90.3 Å². The number of fused-ring (bicyclic) bond motifs is 4. The number of nitrogens with one attached hydrogen (secondary N) is 3. The van der Waals surface area contributed by atoms with Crippen molar-refractivity contribution in [1.29, 1.82) is 0 Å². The zero-order chi connectivity index (χ0) is 37.3. The minimum absolute atomic E-state index is 0.0211. The van der Waals surface area contributed by atoms with Crippen molar-refractivity contribution in [2.75, 3.05) is 13.2 Å². The summed E-state index contributed by atoms with van der Waals surface area (Å²) in [7, 11) is -3.87. The van der Waals surface area contributed by atoms with E-state index in [-0.39, 0.29) is 37.8 Å². The van der Waals surface area contributed by atoms with E-state index in [1.807, 2.05) is 19.1 Å². The van der Waals surface area contributed by atoms with Crippen LogP contribution in [0, 0.1) is 11.8 Å². The number of alkyl carbamates (subject to hydrolysis) is 1. The lowest BCUT2D eigenvalue weighted by Gasteiger charge is -2.30. The van der Waals surface area contributed by atoms with E-state index in [0.29, 0.717) is 45.2 Å². The summed E-state index contributed by atoms with van der Waals surface area (Å²) in [4.78, 5) is 72.2. The van der Waals surface area contributed by atoms with Crippen molar-refractivity contribution in [3.63, 3.8) is 0 Å². The lowest BCUT2D eigenvalue weighted by atomic mass is 9.97. The number of carbonyl (C=O) groups is 5. The molecule has 6 aliphatic rings. The van der Waals surface area contributed by atoms with Gasteiger partial charge in [-0.3, -0.25) is 24.0 Å². The molecule has 0 radical (unpaired) electrons. The predicted octanol–water partition coefficient (Wildman–Crippen LogP) is 3.79. The first kappa shape index (κ1) is 37.4. The van der Waals surface area contributed by atoms with Gasteiger partial charge < -0.3 is 25.0 Å². The molecule has 5 bridgehead atoms. The van der Waals surface area contributed by atoms with Gasteiger partial charge in [-0.05, 0) is 79.9 Å². The standard InChI is InChI=1S/C38H53N5O9S/c1-24-10-7-8-11-25-12-9-13-26-20-42(22-30(25)26)37(48)52-28-18-32-33(44)40-38(35(46)41-53(49,50)29-16-17-29)19-27(38)14-5-3-2-4-6-15-31(34(45)43(32)21-28)39-36(47)51-23-24/h9,12-13,24,27-29,31-32H,2-8,10-11,14-23H2,1H3,(H,39,47)(H,40,44)(H,41,46)/t24-,27+,28+,31-,32-,38+/m0/s1.